The highest BCUT2D eigenvalue weighted by atomic mass is 16.2. The molecule has 2 N–H and O–H groups in total. The van der Waals surface area contributed by atoms with Crippen LogP contribution in [0.15, 0.2) is 42.6 Å². The van der Waals surface area contributed by atoms with Crippen molar-refractivity contribution in [1.82, 2.24) is 25.2 Å². The second-order valence-electron chi connectivity index (χ2n) is 6.46. The number of urea groups is 1. The number of fused-ring (bicyclic) bond motifs is 1. The standard InChI is InChI=1S/C19H19N5O2/c1-3-19(13-7-5-4-6-8-13)17(25)24(18(26)23-19)11-14-21-15-12(2)9-10-20-16(15)22-14/h4-10H,3,11H2,1-2H3,(H,23,26)(H,20,21,22)/t19-/m0/s1. The van der Waals surface area contributed by atoms with Gasteiger partial charge in [0.15, 0.2) is 5.65 Å². The number of hydrogen-bond donors (Lipinski definition) is 2. The summed E-state index contributed by atoms with van der Waals surface area (Å²) in [6.07, 6.45) is 2.16. The second kappa shape index (κ2) is 5.94. The summed E-state index contributed by atoms with van der Waals surface area (Å²) in [5, 5.41) is 2.88. The number of nitrogens with zero attached hydrogens (tertiary/aromatic N) is 3. The summed E-state index contributed by atoms with van der Waals surface area (Å²) < 4.78 is 0. The van der Waals surface area contributed by atoms with Crippen LogP contribution < -0.4 is 5.32 Å². The minimum absolute atomic E-state index is 0.0784. The first-order valence-electron chi connectivity index (χ1n) is 8.55. The number of benzene rings is 1. The fourth-order valence-electron chi connectivity index (χ4n) is 3.44. The van der Waals surface area contributed by atoms with E-state index in [9.17, 15) is 9.59 Å². The Kier molecular flexibility index (Phi) is 3.72. The fraction of sp³-hybridized carbons (Fsp3) is 0.263. The molecular weight excluding hydrogens is 330 g/mol. The molecule has 0 unspecified atom stereocenters. The Balaban J connectivity index is 1.68. The Hall–Kier alpha value is -3.22. The number of H-pyrrole nitrogens is 1. The topological polar surface area (TPSA) is 91.0 Å². The minimum atomic E-state index is -1.03. The van der Waals surface area contributed by atoms with Crippen molar-refractivity contribution in [2.75, 3.05) is 0 Å². The van der Waals surface area contributed by atoms with E-state index in [0.717, 1.165) is 16.6 Å². The molecule has 2 aromatic heterocycles. The maximum atomic E-state index is 13.1. The lowest BCUT2D eigenvalue weighted by atomic mass is 9.87. The Bertz CT molecular complexity index is 998. The molecular formula is C19H19N5O2. The number of rotatable bonds is 4. The number of amides is 3. The van der Waals surface area contributed by atoms with Gasteiger partial charge < -0.3 is 10.3 Å². The summed E-state index contributed by atoms with van der Waals surface area (Å²) in [7, 11) is 0. The summed E-state index contributed by atoms with van der Waals surface area (Å²) in [6.45, 7) is 3.93. The van der Waals surface area contributed by atoms with Gasteiger partial charge in [-0.1, -0.05) is 37.3 Å². The molecule has 0 aliphatic carbocycles. The summed E-state index contributed by atoms with van der Waals surface area (Å²) in [5.74, 6) is 0.270. The van der Waals surface area contributed by atoms with Crippen molar-refractivity contribution < 1.29 is 9.59 Å². The van der Waals surface area contributed by atoms with Crippen molar-refractivity contribution >= 4 is 23.1 Å². The molecule has 132 valence electrons. The lowest BCUT2D eigenvalue weighted by Gasteiger charge is -2.25. The van der Waals surface area contributed by atoms with Crippen LogP contribution in [0.2, 0.25) is 0 Å². The van der Waals surface area contributed by atoms with Gasteiger partial charge in [-0.15, -0.1) is 0 Å². The number of aryl methyl sites for hydroxylation is 1. The van der Waals surface area contributed by atoms with E-state index in [2.05, 4.69) is 20.3 Å². The molecule has 0 spiro atoms. The normalized spacial score (nSPS) is 20.0. The first-order valence-corrected chi connectivity index (χ1v) is 8.55. The largest absolute Gasteiger partial charge is 0.339 e. The van der Waals surface area contributed by atoms with Crippen LogP contribution in [0.1, 0.15) is 30.3 Å². The second-order valence-corrected chi connectivity index (χ2v) is 6.46. The zero-order chi connectivity index (χ0) is 18.3. The van der Waals surface area contributed by atoms with E-state index in [-0.39, 0.29) is 12.5 Å². The number of imidazole rings is 1. The van der Waals surface area contributed by atoms with E-state index < -0.39 is 11.6 Å². The lowest BCUT2D eigenvalue weighted by Crippen LogP contribution is -2.43. The highest BCUT2D eigenvalue weighted by molar-refractivity contribution is 6.07. The molecule has 4 rings (SSSR count). The van der Waals surface area contributed by atoms with Gasteiger partial charge in [-0.05, 0) is 30.5 Å². The van der Waals surface area contributed by atoms with Crippen LogP contribution in [0.25, 0.3) is 11.2 Å². The van der Waals surface area contributed by atoms with Crippen molar-refractivity contribution in [2.24, 2.45) is 0 Å². The van der Waals surface area contributed by atoms with Crippen molar-refractivity contribution in [1.29, 1.82) is 0 Å². The SMILES string of the molecule is CC[C@@]1(c2ccccc2)NC(=O)N(Cc2nc3nccc(C)c3[nH]2)C1=O. The molecule has 1 aliphatic heterocycles. The third kappa shape index (κ3) is 2.35. The Morgan fingerprint density at radius 1 is 1.15 bits per heavy atom. The highest BCUT2D eigenvalue weighted by Crippen LogP contribution is 2.33. The number of aromatic amines is 1. The molecule has 26 heavy (non-hydrogen) atoms. The molecule has 7 heteroatoms. The van der Waals surface area contributed by atoms with E-state index in [4.69, 9.17) is 0 Å². The molecule has 3 aromatic rings. The maximum Gasteiger partial charge on any atom is 0.325 e. The van der Waals surface area contributed by atoms with Crippen molar-refractivity contribution in [3.05, 3.63) is 59.5 Å². The van der Waals surface area contributed by atoms with E-state index in [1.165, 1.54) is 4.90 Å². The fourth-order valence-corrected chi connectivity index (χ4v) is 3.44. The van der Waals surface area contributed by atoms with Gasteiger partial charge in [0.25, 0.3) is 5.91 Å². The number of aromatic nitrogens is 3. The Labute approximate surface area is 150 Å². The van der Waals surface area contributed by atoms with Crippen molar-refractivity contribution in [3.8, 4) is 0 Å². The molecule has 0 saturated carbocycles. The summed E-state index contributed by atoms with van der Waals surface area (Å²) in [5.41, 5.74) is 2.17. The van der Waals surface area contributed by atoms with Gasteiger partial charge in [-0.3, -0.25) is 9.69 Å². The maximum absolute atomic E-state index is 13.1. The number of pyridine rings is 1. The van der Waals surface area contributed by atoms with Crippen LogP contribution in [0.3, 0.4) is 0 Å². The lowest BCUT2D eigenvalue weighted by molar-refractivity contribution is -0.132. The average molecular weight is 349 g/mol. The zero-order valence-corrected chi connectivity index (χ0v) is 14.6. The van der Waals surface area contributed by atoms with Crippen LogP contribution in [-0.4, -0.2) is 31.8 Å². The molecule has 1 fully saturated rings. The number of carbonyl (C=O) groups excluding carboxylic acids is 2. The predicted octanol–water partition coefficient (Wildman–Crippen LogP) is 2.62. The third-order valence-corrected chi connectivity index (χ3v) is 4.93. The number of hydrogen-bond acceptors (Lipinski definition) is 4. The van der Waals surface area contributed by atoms with Gasteiger partial charge in [0, 0.05) is 6.20 Å². The molecule has 1 atom stereocenters. The van der Waals surface area contributed by atoms with Gasteiger partial charge in [0.05, 0.1) is 12.1 Å². The molecule has 3 heterocycles. The van der Waals surface area contributed by atoms with Gasteiger partial charge in [-0.25, -0.2) is 14.8 Å². The predicted molar refractivity (Wildman–Crippen MR) is 96.1 cm³/mol. The van der Waals surface area contributed by atoms with E-state index in [0.29, 0.717) is 17.9 Å². The quantitative estimate of drug-likeness (QED) is 0.709. The Morgan fingerprint density at radius 2 is 1.92 bits per heavy atom. The molecule has 1 saturated heterocycles. The van der Waals surface area contributed by atoms with Crippen molar-refractivity contribution in [2.45, 2.75) is 32.4 Å². The molecule has 1 aromatic carbocycles. The zero-order valence-electron chi connectivity index (χ0n) is 14.6. The summed E-state index contributed by atoms with van der Waals surface area (Å²) in [6, 6.07) is 10.8. The van der Waals surface area contributed by atoms with Gasteiger partial charge in [0.1, 0.15) is 11.4 Å². The number of carbonyl (C=O) groups is 2. The van der Waals surface area contributed by atoms with Crippen molar-refractivity contribution in [3.63, 3.8) is 0 Å². The van der Waals surface area contributed by atoms with Crippen LogP contribution in [-0.2, 0) is 16.9 Å². The first-order chi connectivity index (χ1) is 12.5. The molecule has 7 nitrogen and oxygen atoms in total. The highest BCUT2D eigenvalue weighted by Gasteiger charge is 2.51. The number of nitrogens with one attached hydrogen (secondary N) is 2. The number of imide groups is 1. The van der Waals surface area contributed by atoms with Gasteiger partial charge in [0.2, 0.25) is 0 Å². The average Bonchev–Trinajstić information content (AvgIpc) is 3.18. The van der Waals surface area contributed by atoms with E-state index in [1.54, 1.807) is 6.20 Å². The van der Waals surface area contributed by atoms with Crippen LogP contribution in [0.5, 0.6) is 0 Å². The first kappa shape index (κ1) is 16.3. The van der Waals surface area contributed by atoms with E-state index >= 15 is 0 Å². The van der Waals surface area contributed by atoms with E-state index in [1.807, 2.05) is 50.2 Å². The summed E-state index contributed by atoms with van der Waals surface area (Å²) in [4.78, 5) is 38.7. The monoisotopic (exact) mass is 349 g/mol. The Morgan fingerprint density at radius 3 is 2.62 bits per heavy atom. The molecule has 0 bridgehead atoms. The molecule has 0 radical (unpaired) electrons. The third-order valence-electron chi connectivity index (χ3n) is 4.93. The molecule has 3 amide bonds. The van der Waals surface area contributed by atoms with Gasteiger partial charge >= 0.3 is 6.03 Å². The molecule has 1 aliphatic rings. The summed E-state index contributed by atoms with van der Waals surface area (Å²) >= 11 is 0. The van der Waals surface area contributed by atoms with Gasteiger partial charge in [-0.2, -0.15) is 0 Å². The smallest absolute Gasteiger partial charge is 0.325 e. The van der Waals surface area contributed by atoms with Crippen LogP contribution in [0, 0.1) is 6.92 Å². The van der Waals surface area contributed by atoms with Crippen LogP contribution in [0.4, 0.5) is 4.79 Å². The van der Waals surface area contributed by atoms with Crippen LogP contribution >= 0.6 is 0 Å². The minimum Gasteiger partial charge on any atom is -0.339 e.